The molecule has 0 aliphatic carbocycles. The normalized spacial score (nSPS) is 14.6. The lowest BCUT2D eigenvalue weighted by Gasteiger charge is -2.19. The Balaban J connectivity index is 1.74. The summed E-state index contributed by atoms with van der Waals surface area (Å²) in [7, 11) is 1.32. The molecule has 3 aromatic carbocycles. The molecule has 1 aliphatic heterocycles. The second-order valence-corrected chi connectivity index (χ2v) is 8.23. The Kier molecular flexibility index (Phi) is 6.64. The van der Waals surface area contributed by atoms with Crippen LogP contribution in [-0.2, 0) is 20.9 Å². The summed E-state index contributed by atoms with van der Waals surface area (Å²) in [6.45, 7) is 6.17. The van der Waals surface area contributed by atoms with E-state index >= 15 is 0 Å². The average molecular weight is 454 g/mol. The number of methoxy groups -OCH3 is 1. The molecule has 0 N–H and O–H groups in total. The highest BCUT2D eigenvalue weighted by atomic mass is 16.5. The third kappa shape index (κ3) is 4.50. The molecular formula is C29H27NO4. The number of hydrogen-bond acceptors (Lipinski definition) is 4. The fraction of sp³-hybridized carbons (Fsp3) is 0.172. The first kappa shape index (κ1) is 23.1. The number of para-hydroxylation sites is 1. The maximum absolute atomic E-state index is 13.6. The zero-order valence-electron chi connectivity index (χ0n) is 19.8. The van der Waals surface area contributed by atoms with Gasteiger partial charge in [-0.3, -0.25) is 9.69 Å². The van der Waals surface area contributed by atoms with Crippen LogP contribution < -0.4 is 9.64 Å². The molecule has 0 bridgehead atoms. The van der Waals surface area contributed by atoms with Crippen molar-refractivity contribution >= 4 is 23.6 Å². The number of amides is 1. The van der Waals surface area contributed by atoms with E-state index in [1.807, 2.05) is 86.6 Å². The highest BCUT2D eigenvalue weighted by molar-refractivity contribution is 6.24. The quantitative estimate of drug-likeness (QED) is 0.352. The molecule has 172 valence electrons. The van der Waals surface area contributed by atoms with Crippen LogP contribution >= 0.6 is 0 Å². The van der Waals surface area contributed by atoms with Crippen LogP contribution in [0.2, 0.25) is 0 Å². The topological polar surface area (TPSA) is 55.8 Å². The van der Waals surface area contributed by atoms with E-state index in [0.29, 0.717) is 29.3 Å². The molecule has 0 atom stereocenters. The maximum Gasteiger partial charge on any atom is 0.340 e. The molecule has 3 aromatic rings. The lowest BCUT2D eigenvalue weighted by atomic mass is 10.0. The Morgan fingerprint density at radius 1 is 0.912 bits per heavy atom. The lowest BCUT2D eigenvalue weighted by Crippen LogP contribution is -2.24. The van der Waals surface area contributed by atoms with Gasteiger partial charge in [0.2, 0.25) is 0 Å². The molecule has 0 unspecified atom stereocenters. The largest absolute Gasteiger partial charge is 0.488 e. The number of allylic oxidation sites excluding steroid dienone is 1. The molecule has 1 heterocycles. The summed E-state index contributed by atoms with van der Waals surface area (Å²) in [6, 6.07) is 23.1. The SMILES string of the molecule is COC(=O)C1=C(C)N(c2ccc(C)c(C)c2)C(=O)/C1=C\c1ccccc1OCc1ccccc1. The second-order valence-electron chi connectivity index (χ2n) is 8.23. The van der Waals surface area contributed by atoms with Crippen molar-refractivity contribution in [3.8, 4) is 5.75 Å². The predicted octanol–water partition coefficient (Wildman–Crippen LogP) is 5.76. The van der Waals surface area contributed by atoms with Gasteiger partial charge < -0.3 is 9.47 Å². The van der Waals surface area contributed by atoms with E-state index in [-0.39, 0.29) is 17.1 Å². The van der Waals surface area contributed by atoms with E-state index in [4.69, 9.17) is 9.47 Å². The first-order chi connectivity index (χ1) is 16.4. The molecule has 0 saturated heterocycles. The van der Waals surface area contributed by atoms with Gasteiger partial charge in [-0.25, -0.2) is 4.79 Å². The summed E-state index contributed by atoms with van der Waals surface area (Å²) < 4.78 is 11.1. The van der Waals surface area contributed by atoms with Crippen LogP contribution in [-0.4, -0.2) is 19.0 Å². The summed E-state index contributed by atoms with van der Waals surface area (Å²) in [5.41, 5.74) is 5.71. The van der Waals surface area contributed by atoms with Gasteiger partial charge in [0.05, 0.1) is 18.3 Å². The molecule has 0 aromatic heterocycles. The summed E-state index contributed by atoms with van der Waals surface area (Å²) in [4.78, 5) is 27.9. The highest BCUT2D eigenvalue weighted by Crippen LogP contribution is 2.37. The molecule has 34 heavy (non-hydrogen) atoms. The number of aryl methyl sites for hydroxylation is 2. The van der Waals surface area contributed by atoms with Crippen molar-refractivity contribution in [2.24, 2.45) is 0 Å². The van der Waals surface area contributed by atoms with E-state index < -0.39 is 5.97 Å². The van der Waals surface area contributed by atoms with E-state index in [1.54, 1.807) is 17.9 Å². The Bertz CT molecular complexity index is 1300. The molecule has 0 spiro atoms. The minimum absolute atomic E-state index is 0.253. The van der Waals surface area contributed by atoms with Crippen molar-refractivity contribution in [1.82, 2.24) is 0 Å². The number of nitrogens with zero attached hydrogens (tertiary/aromatic N) is 1. The minimum atomic E-state index is -0.550. The summed E-state index contributed by atoms with van der Waals surface area (Å²) in [6.07, 6.45) is 1.71. The van der Waals surface area contributed by atoms with Gasteiger partial charge in [-0.15, -0.1) is 0 Å². The van der Waals surface area contributed by atoms with Crippen molar-refractivity contribution in [3.63, 3.8) is 0 Å². The third-order valence-corrected chi connectivity index (χ3v) is 5.99. The fourth-order valence-electron chi connectivity index (χ4n) is 3.98. The molecule has 1 aliphatic rings. The first-order valence-corrected chi connectivity index (χ1v) is 11.1. The number of esters is 1. The molecule has 0 radical (unpaired) electrons. The Morgan fingerprint density at radius 2 is 1.62 bits per heavy atom. The lowest BCUT2D eigenvalue weighted by molar-refractivity contribution is -0.136. The van der Waals surface area contributed by atoms with E-state index in [0.717, 1.165) is 16.7 Å². The van der Waals surface area contributed by atoms with Crippen LogP contribution in [0.3, 0.4) is 0 Å². The highest BCUT2D eigenvalue weighted by Gasteiger charge is 2.38. The van der Waals surface area contributed by atoms with E-state index in [9.17, 15) is 9.59 Å². The first-order valence-electron chi connectivity index (χ1n) is 11.1. The van der Waals surface area contributed by atoms with Gasteiger partial charge in [0.1, 0.15) is 12.4 Å². The van der Waals surface area contributed by atoms with Gasteiger partial charge >= 0.3 is 5.97 Å². The number of ether oxygens (including phenoxy) is 2. The molecule has 5 heteroatoms. The van der Waals surface area contributed by atoms with Crippen molar-refractivity contribution in [2.75, 3.05) is 12.0 Å². The summed E-state index contributed by atoms with van der Waals surface area (Å²) in [5, 5.41) is 0. The molecule has 0 fully saturated rings. The number of carbonyl (C=O) groups is 2. The number of benzene rings is 3. The van der Waals surface area contributed by atoms with Crippen LogP contribution in [0, 0.1) is 13.8 Å². The van der Waals surface area contributed by atoms with Gasteiger partial charge in [0, 0.05) is 16.9 Å². The number of carbonyl (C=O) groups excluding carboxylic acids is 2. The van der Waals surface area contributed by atoms with Crippen molar-refractivity contribution in [2.45, 2.75) is 27.4 Å². The van der Waals surface area contributed by atoms with Gasteiger partial charge in [-0.1, -0.05) is 54.6 Å². The molecular weight excluding hydrogens is 426 g/mol. The van der Waals surface area contributed by atoms with Gasteiger partial charge in [-0.2, -0.15) is 0 Å². The second kappa shape index (κ2) is 9.79. The van der Waals surface area contributed by atoms with Crippen LogP contribution in [0.25, 0.3) is 6.08 Å². The van der Waals surface area contributed by atoms with Crippen molar-refractivity contribution < 1.29 is 19.1 Å². The van der Waals surface area contributed by atoms with Crippen molar-refractivity contribution in [3.05, 3.63) is 112 Å². The maximum atomic E-state index is 13.6. The molecule has 5 nitrogen and oxygen atoms in total. The van der Waals surface area contributed by atoms with Gasteiger partial charge in [-0.05, 0) is 61.7 Å². The summed E-state index contributed by atoms with van der Waals surface area (Å²) >= 11 is 0. The van der Waals surface area contributed by atoms with Crippen LogP contribution in [0.4, 0.5) is 5.69 Å². The van der Waals surface area contributed by atoms with Crippen LogP contribution in [0.5, 0.6) is 5.75 Å². The van der Waals surface area contributed by atoms with Crippen molar-refractivity contribution in [1.29, 1.82) is 0 Å². The number of anilines is 1. The van der Waals surface area contributed by atoms with Gasteiger partial charge in [0.15, 0.2) is 0 Å². The smallest absolute Gasteiger partial charge is 0.340 e. The van der Waals surface area contributed by atoms with Crippen LogP contribution in [0.1, 0.15) is 29.2 Å². The van der Waals surface area contributed by atoms with Crippen LogP contribution in [0.15, 0.2) is 89.6 Å². The zero-order chi connectivity index (χ0) is 24.2. The minimum Gasteiger partial charge on any atom is -0.488 e. The Labute approximate surface area is 199 Å². The average Bonchev–Trinajstić information content (AvgIpc) is 3.09. The number of rotatable bonds is 6. The molecule has 0 saturated carbocycles. The summed E-state index contributed by atoms with van der Waals surface area (Å²) in [5.74, 6) is -0.205. The Morgan fingerprint density at radius 3 is 2.32 bits per heavy atom. The Hall–Kier alpha value is -4.12. The monoisotopic (exact) mass is 453 g/mol. The zero-order valence-corrected chi connectivity index (χ0v) is 19.8. The number of hydrogen-bond donors (Lipinski definition) is 0. The molecule has 1 amide bonds. The molecule has 4 rings (SSSR count). The van der Waals surface area contributed by atoms with E-state index in [1.165, 1.54) is 7.11 Å². The third-order valence-electron chi connectivity index (χ3n) is 5.99. The van der Waals surface area contributed by atoms with Gasteiger partial charge in [0.25, 0.3) is 5.91 Å². The van der Waals surface area contributed by atoms with E-state index in [2.05, 4.69) is 0 Å². The fourth-order valence-corrected chi connectivity index (χ4v) is 3.98. The predicted molar refractivity (Wildman–Crippen MR) is 133 cm³/mol. The standard InChI is InChI=1S/C29H27NO4/c1-19-14-15-24(16-20(19)2)30-21(3)27(29(32)33-4)25(28(30)31)17-23-12-8-9-13-26(23)34-18-22-10-6-5-7-11-22/h5-17H,18H2,1-4H3/b25-17-.